The van der Waals surface area contributed by atoms with Gasteiger partial charge in [0.2, 0.25) is 5.43 Å². The maximum atomic E-state index is 12.3. The molecule has 1 heterocycles. The lowest BCUT2D eigenvalue weighted by atomic mass is 10.1. The Kier molecular flexibility index (Phi) is 3.40. The Labute approximate surface area is 122 Å². The molecule has 0 atom stereocenters. The van der Waals surface area contributed by atoms with Crippen molar-refractivity contribution in [2.24, 2.45) is 4.99 Å². The molecule has 104 valence electrons. The SMILES string of the molecule is Cc1cc(C)cc(N=Cc2coc3ccccc3c2=O)c1. The molecule has 0 radical (unpaired) electrons. The van der Waals surface area contributed by atoms with E-state index in [9.17, 15) is 4.79 Å². The van der Waals surface area contributed by atoms with E-state index in [1.54, 1.807) is 18.3 Å². The molecule has 3 aromatic rings. The van der Waals surface area contributed by atoms with Crippen LogP contribution < -0.4 is 5.43 Å². The van der Waals surface area contributed by atoms with Gasteiger partial charge in [0, 0.05) is 6.21 Å². The largest absolute Gasteiger partial charge is 0.463 e. The van der Waals surface area contributed by atoms with Crippen molar-refractivity contribution in [3.05, 3.63) is 75.6 Å². The maximum absolute atomic E-state index is 12.3. The molecule has 0 saturated carbocycles. The highest BCUT2D eigenvalue weighted by atomic mass is 16.3. The van der Waals surface area contributed by atoms with E-state index in [2.05, 4.69) is 11.1 Å². The topological polar surface area (TPSA) is 42.6 Å². The van der Waals surface area contributed by atoms with Gasteiger partial charge in [-0.15, -0.1) is 0 Å². The molecular weight excluding hydrogens is 262 g/mol. The average Bonchev–Trinajstić information content (AvgIpc) is 2.46. The van der Waals surface area contributed by atoms with Gasteiger partial charge in [0.15, 0.2) is 0 Å². The molecule has 0 aliphatic carbocycles. The van der Waals surface area contributed by atoms with Crippen LogP contribution in [0.3, 0.4) is 0 Å². The summed E-state index contributed by atoms with van der Waals surface area (Å²) in [7, 11) is 0. The van der Waals surface area contributed by atoms with Crippen LogP contribution in [0.4, 0.5) is 5.69 Å². The van der Waals surface area contributed by atoms with Gasteiger partial charge in [-0.05, 0) is 49.2 Å². The van der Waals surface area contributed by atoms with Crippen LogP contribution in [0.25, 0.3) is 11.0 Å². The van der Waals surface area contributed by atoms with Crippen molar-refractivity contribution in [1.29, 1.82) is 0 Å². The Morgan fingerprint density at radius 1 is 1.05 bits per heavy atom. The van der Waals surface area contributed by atoms with Gasteiger partial charge in [0.05, 0.1) is 16.6 Å². The van der Waals surface area contributed by atoms with Gasteiger partial charge in [0.25, 0.3) is 0 Å². The van der Waals surface area contributed by atoms with Crippen molar-refractivity contribution >= 4 is 22.9 Å². The molecule has 0 N–H and O–H groups in total. The summed E-state index contributed by atoms with van der Waals surface area (Å²) in [5, 5.41) is 0.571. The smallest absolute Gasteiger partial charge is 0.201 e. The number of rotatable bonds is 2. The maximum Gasteiger partial charge on any atom is 0.201 e. The quantitative estimate of drug-likeness (QED) is 0.660. The van der Waals surface area contributed by atoms with Crippen LogP contribution >= 0.6 is 0 Å². The molecule has 0 unspecified atom stereocenters. The number of hydrogen-bond acceptors (Lipinski definition) is 3. The zero-order valence-corrected chi connectivity index (χ0v) is 12.0. The fourth-order valence-electron chi connectivity index (χ4n) is 2.35. The van der Waals surface area contributed by atoms with E-state index in [0.717, 1.165) is 16.8 Å². The number of hydrogen-bond donors (Lipinski definition) is 0. The Morgan fingerprint density at radius 2 is 1.76 bits per heavy atom. The van der Waals surface area contributed by atoms with Crippen molar-refractivity contribution in [2.75, 3.05) is 0 Å². The van der Waals surface area contributed by atoms with Crippen LogP contribution in [0.15, 0.2) is 62.9 Å². The molecule has 0 saturated heterocycles. The second kappa shape index (κ2) is 5.37. The summed E-state index contributed by atoms with van der Waals surface area (Å²) in [5.41, 5.74) is 4.10. The third kappa shape index (κ3) is 2.77. The van der Waals surface area contributed by atoms with Gasteiger partial charge < -0.3 is 4.42 Å². The summed E-state index contributed by atoms with van der Waals surface area (Å²) in [6.07, 6.45) is 3.02. The van der Waals surface area contributed by atoms with Crippen LogP contribution in [-0.2, 0) is 0 Å². The number of fused-ring (bicyclic) bond motifs is 1. The number of aryl methyl sites for hydroxylation is 2. The summed E-state index contributed by atoms with van der Waals surface area (Å²) in [5.74, 6) is 0. The number of aliphatic imine (C=N–C) groups is 1. The van der Waals surface area contributed by atoms with E-state index in [1.807, 2.05) is 38.1 Å². The molecule has 0 amide bonds. The lowest BCUT2D eigenvalue weighted by molar-refractivity contribution is 0.601. The van der Waals surface area contributed by atoms with E-state index >= 15 is 0 Å². The third-order valence-electron chi connectivity index (χ3n) is 3.27. The van der Waals surface area contributed by atoms with Crippen LogP contribution in [0, 0.1) is 13.8 Å². The Bertz CT molecular complexity index is 871. The molecule has 3 rings (SSSR count). The lowest BCUT2D eigenvalue weighted by Crippen LogP contribution is -2.07. The first-order valence-electron chi connectivity index (χ1n) is 6.76. The molecular formula is C18H15NO2. The van der Waals surface area contributed by atoms with Crippen LogP contribution in [0.5, 0.6) is 0 Å². The zero-order chi connectivity index (χ0) is 14.8. The Balaban J connectivity index is 2.03. The van der Waals surface area contributed by atoms with Crippen molar-refractivity contribution in [3.8, 4) is 0 Å². The highest BCUT2D eigenvalue weighted by Gasteiger charge is 2.04. The van der Waals surface area contributed by atoms with Crippen molar-refractivity contribution in [1.82, 2.24) is 0 Å². The summed E-state index contributed by atoms with van der Waals surface area (Å²) in [6, 6.07) is 13.2. The minimum absolute atomic E-state index is 0.0648. The summed E-state index contributed by atoms with van der Waals surface area (Å²) < 4.78 is 5.47. The summed E-state index contributed by atoms with van der Waals surface area (Å²) >= 11 is 0. The minimum atomic E-state index is -0.0648. The van der Waals surface area contributed by atoms with Gasteiger partial charge >= 0.3 is 0 Å². The first kappa shape index (κ1) is 13.3. The van der Waals surface area contributed by atoms with Gasteiger partial charge in [-0.2, -0.15) is 0 Å². The molecule has 21 heavy (non-hydrogen) atoms. The van der Waals surface area contributed by atoms with E-state index in [1.165, 1.54) is 6.26 Å². The highest BCUT2D eigenvalue weighted by molar-refractivity contribution is 5.87. The van der Waals surface area contributed by atoms with E-state index < -0.39 is 0 Å². The monoisotopic (exact) mass is 277 g/mol. The van der Waals surface area contributed by atoms with Crippen LogP contribution in [0.1, 0.15) is 16.7 Å². The van der Waals surface area contributed by atoms with Gasteiger partial charge in [-0.1, -0.05) is 18.2 Å². The van der Waals surface area contributed by atoms with Crippen molar-refractivity contribution in [2.45, 2.75) is 13.8 Å². The van der Waals surface area contributed by atoms with E-state index in [0.29, 0.717) is 16.5 Å². The van der Waals surface area contributed by atoms with Crippen LogP contribution in [0.2, 0.25) is 0 Å². The fourth-order valence-corrected chi connectivity index (χ4v) is 2.35. The van der Waals surface area contributed by atoms with Crippen molar-refractivity contribution < 1.29 is 4.42 Å². The predicted octanol–water partition coefficient (Wildman–Crippen LogP) is 4.16. The highest BCUT2D eigenvalue weighted by Crippen LogP contribution is 2.17. The normalized spacial score (nSPS) is 11.3. The number of para-hydroxylation sites is 1. The van der Waals surface area contributed by atoms with Gasteiger partial charge in [0.1, 0.15) is 11.8 Å². The molecule has 0 aliphatic heterocycles. The lowest BCUT2D eigenvalue weighted by Gasteiger charge is -2.00. The standard InChI is InChI=1S/C18H15NO2/c1-12-7-13(2)9-15(8-12)19-10-14-11-21-17-6-4-3-5-16(17)18(14)20/h3-11H,1-2H3. The fraction of sp³-hybridized carbons (Fsp3) is 0.111. The summed E-state index contributed by atoms with van der Waals surface area (Å²) in [6.45, 7) is 4.05. The molecule has 1 aromatic heterocycles. The van der Waals surface area contributed by atoms with E-state index in [-0.39, 0.29) is 5.43 Å². The first-order chi connectivity index (χ1) is 10.1. The summed E-state index contributed by atoms with van der Waals surface area (Å²) in [4.78, 5) is 16.7. The molecule has 3 nitrogen and oxygen atoms in total. The Hall–Kier alpha value is -2.68. The second-order valence-electron chi connectivity index (χ2n) is 5.12. The zero-order valence-electron chi connectivity index (χ0n) is 12.0. The van der Waals surface area contributed by atoms with Gasteiger partial charge in [-0.3, -0.25) is 9.79 Å². The molecule has 0 aliphatic rings. The van der Waals surface area contributed by atoms with Crippen molar-refractivity contribution in [3.63, 3.8) is 0 Å². The number of nitrogens with zero attached hydrogens (tertiary/aromatic N) is 1. The van der Waals surface area contributed by atoms with Crippen LogP contribution in [-0.4, -0.2) is 6.21 Å². The predicted molar refractivity (Wildman–Crippen MR) is 85.7 cm³/mol. The Morgan fingerprint density at radius 3 is 2.52 bits per heavy atom. The molecule has 0 fully saturated rings. The molecule has 2 aromatic carbocycles. The minimum Gasteiger partial charge on any atom is -0.463 e. The van der Waals surface area contributed by atoms with E-state index in [4.69, 9.17) is 4.42 Å². The first-order valence-corrected chi connectivity index (χ1v) is 6.76. The second-order valence-corrected chi connectivity index (χ2v) is 5.12. The molecule has 0 spiro atoms. The molecule has 3 heteroatoms. The average molecular weight is 277 g/mol. The van der Waals surface area contributed by atoms with Gasteiger partial charge in [-0.25, -0.2) is 0 Å². The number of benzene rings is 2. The molecule has 0 bridgehead atoms. The third-order valence-corrected chi connectivity index (χ3v) is 3.27.